The molecule has 2 heterocycles. The number of amides is 1. The second-order valence-corrected chi connectivity index (χ2v) is 5.70. The van der Waals surface area contributed by atoms with Gasteiger partial charge in [0.15, 0.2) is 5.76 Å². The van der Waals surface area contributed by atoms with Crippen LogP contribution in [0.25, 0.3) is 0 Å². The van der Waals surface area contributed by atoms with Crippen LogP contribution in [0.1, 0.15) is 59.0 Å². The molecule has 0 saturated heterocycles. The molecule has 3 rings (SSSR count). The number of carbonyl (C=O) groups is 1. The van der Waals surface area contributed by atoms with Crippen molar-refractivity contribution in [1.82, 2.24) is 10.5 Å². The number of aryl methyl sites for hydroxylation is 2. The third kappa shape index (κ3) is 3.01. The standard InChI is InChI=1S/C16H20N2O3/c1-10-14(11(2)21-18-10)9-13-7-8-15(20-13)16(19)17-12-5-3-4-6-12/h7-8,12H,3-6,9H2,1-2H3,(H,17,19). The normalized spacial score (nSPS) is 15.5. The molecule has 0 radical (unpaired) electrons. The van der Waals surface area contributed by atoms with E-state index in [9.17, 15) is 4.79 Å². The quantitative estimate of drug-likeness (QED) is 0.938. The Morgan fingerprint density at radius 2 is 2.10 bits per heavy atom. The Hall–Kier alpha value is -2.04. The number of rotatable bonds is 4. The van der Waals surface area contributed by atoms with Gasteiger partial charge < -0.3 is 14.3 Å². The van der Waals surface area contributed by atoms with Gasteiger partial charge in [0.2, 0.25) is 0 Å². The van der Waals surface area contributed by atoms with Crippen molar-refractivity contribution in [1.29, 1.82) is 0 Å². The summed E-state index contributed by atoms with van der Waals surface area (Å²) in [5, 5.41) is 6.95. The highest BCUT2D eigenvalue weighted by Gasteiger charge is 2.20. The Bertz CT molecular complexity index is 616. The van der Waals surface area contributed by atoms with Crippen molar-refractivity contribution in [3.63, 3.8) is 0 Å². The lowest BCUT2D eigenvalue weighted by Crippen LogP contribution is -2.32. The summed E-state index contributed by atoms with van der Waals surface area (Å²) in [6.45, 7) is 3.79. The Balaban J connectivity index is 1.67. The Kier molecular flexibility index (Phi) is 3.82. The monoisotopic (exact) mass is 288 g/mol. The molecule has 21 heavy (non-hydrogen) atoms. The molecule has 1 amide bonds. The summed E-state index contributed by atoms with van der Waals surface area (Å²) in [6, 6.07) is 3.88. The summed E-state index contributed by atoms with van der Waals surface area (Å²) in [7, 11) is 0. The highest BCUT2D eigenvalue weighted by atomic mass is 16.5. The molecule has 0 unspecified atom stereocenters. The van der Waals surface area contributed by atoms with Gasteiger partial charge in [-0.15, -0.1) is 0 Å². The zero-order chi connectivity index (χ0) is 14.8. The largest absolute Gasteiger partial charge is 0.456 e. The average Bonchev–Trinajstić information content (AvgIpc) is 3.17. The molecule has 0 atom stereocenters. The van der Waals surface area contributed by atoms with Crippen LogP contribution in [0, 0.1) is 13.8 Å². The molecule has 0 aliphatic heterocycles. The van der Waals surface area contributed by atoms with Gasteiger partial charge in [0.1, 0.15) is 11.5 Å². The molecule has 5 nitrogen and oxygen atoms in total. The highest BCUT2D eigenvalue weighted by molar-refractivity contribution is 5.91. The summed E-state index contributed by atoms with van der Waals surface area (Å²) in [6.07, 6.45) is 5.12. The zero-order valence-electron chi connectivity index (χ0n) is 12.4. The molecule has 1 aliphatic rings. The van der Waals surface area contributed by atoms with Crippen LogP contribution in [0.2, 0.25) is 0 Å². The third-order valence-electron chi connectivity index (χ3n) is 4.11. The Morgan fingerprint density at radius 3 is 2.76 bits per heavy atom. The van der Waals surface area contributed by atoms with Gasteiger partial charge in [-0.1, -0.05) is 18.0 Å². The van der Waals surface area contributed by atoms with Crippen molar-refractivity contribution in [2.45, 2.75) is 52.0 Å². The van der Waals surface area contributed by atoms with E-state index in [0.29, 0.717) is 18.2 Å². The number of hydrogen-bond donors (Lipinski definition) is 1. The van der Waals surface area contributed by atoms with Crippen LogP contribution < -0.4 is 5.32 Å². The molecule has 1 N–H and O–H groups in total. The molecule has 2 aromatic heterocycles. The smallest absolute Gasteiger partial charge is 0.287 e. The minimum absolute atomic E-state index is 0.119. The van der Waals surface area contributed by atoms with Crippen molar-refractivity contribution in [2.75, 3.05) is 0 Å². The molecule has 2 aromatic rings. The van der Waals surface area contributed by atoms with Gasteiger partial charge in [0.25, 0.3) is 5.91 Å². The summed E-state index contributed by atoms with van der Waals surface area (Å²) >= 11 is 0. The molecule has 0 bridgehead atoms. The molecule has 112 valence electrons. The number of hydrogen-bond acceptors (Lipinski definition) is 4. The first kappa shape index (κ1) is 13.9. The van der Waals surface area contributed by atoms with Gasteiger partial charge >= 0.3 is 0 Å². The lowest BCUT2D eigenvalue weighted by atomic mass is 10.1. The predicted octanol–water partition coefficient (Wildman–Crippen LogP) is 3.15. The predicted molar refractivity (Wildman–Crippen MR) is 77.2 cm³/mol. The average molecular weight is 288 g/mol. The highest BCUT2D eigenvalue weighted by Crippen LogP contribution is 2.21. The van der Waals surface area contributed by atoms with Crippen LogP contribution in [0.3, 0.4) is 0 Å². The van der Waals surface area contributed by atoms with Gasteiger partial charge in [0, 0.05) is 18.0 Å². The fraction of sp³-hybridized carbons (Fsp3) is 0.500. The molecule has 1 aliphatic carbocycles. The number of nitrogens with one attached hydrogen (secondary N) is 1. The van der Waals surface area contributed by atoms with Gasteiger partial charge in [-0.25, -0.2) is 0 Å². The lowest BCUT2D eigenvalue weighted by Gasteiger charge is -2.09. The molecular weight excluding hydrogens is 268 g/mol. The van der Waals surface area contributed by atoms with Gasteiger partial charge in [0.05, 0.1) is 5.69 Å². The molecule has 0 aromatic carbocycles. The SMILES string of the molecule is Cc1noc(C)c1Cc1ccc(C(=O)NC2CCCC2)o1. The van der Waals surface area contributed by atoms with Crippen LogP contribution in [0.15, 0.2) is 21.1 Å². The maximum absolute atomic E-state index is 12.1. The van der Waals surface area contributed by atoms with Crippen LogP contribution in [0.4, 0.5) is 0 Å². The first-order valence-electron chi connectivity index (χ1n) is 7.45. The number of nitrogens with zero attached hydrogens (tertiary/aromatic N) is 1. The Labute approximate surface area is 123 Å². The summed E-state index contributed by atoms with van der Waals surface area (Å²) < 4.78 is 10.8. The molecule has 1 fully saturated rings. The summed E-state index contributed by atoms with van der Waals surface area (Å²) in [5.74, 6) is 1.80. The number of furan rings is 1. The van der Waals surface area contributed by atoms with Gasteiger partial charge in [-0.3, -0.25) is 4.79 Å². The number of aromatic nitrogens is 1. The number of carbonyl (C=O) groups excluding carboxylic acids is 1. The maximum atomic E-state index is 12.1. The summed E-state index contributed by atoms with van der Waals surface area (Å²) in [4.78, 5) is 12.1. The molecular formula is C16H20N2O3. The fourth-order valence-corrected chi connectivity index (χ4v) is 2.85. The topological polar surface area (TPSA) is 68.3 Å². The van der Waals surface area contributed by atoms with E-state index in [1.807, 2.05) is 19.9 Å². The maximum Gasteiger partial charge on any atom is 0.287 e. The van der Waals surface area contributed by atoms with E-state index in [0.717, 1.165) is 35.6 Å². The van der Waals surface area contributed by atoms with Crippen LogP contribution in [-0.2, 0) is 6.42 Å². The second kappa shape index (κ2) is 5.76. The lowest BCUT2D eigenvalue weighted by molar-refractivity contribution is 0.0908. The van der Waals surface area contributed by atoms with Crippen LogP contribution in [0.5, 0.6) is 0 Å². The van der Waals surface area contributed by atoms with Crippen LogP contribution >= 0.6 is 0 Å². The minimum Gasteiger partial charge on any atom is -0.456 e. The summed E-state index contributed by atoms with van der Waals surface area (Å²) in [5.41, 5.74) is 1.88. The van der Waals surface area contributed by atoms with Gasteiger partial charge in [-0.05, 0) is 38.8 Å². The van der Waals surface area contributed by atoms with Crippen molar-refractivity contribution < 1.29 is 13.7 Å². The van der Waals surface area contributed by atoms with Crippen LogP contribution in [-0.4, -0.2) is 17.1 Å². The van der Waals surface area contributed by atoms with Crippen molar-refractivity contribution >= 4 is 5.91 Å². The molecule has 0 spiro atoms. The van der Waals surface area contributed by atoms with Gasteiger partial charge in [-0.2, -0.15) is 0 Å². The van der Waals surface area contributed by atoms with E-state index in [1.165, 1.54) is 12.8 Å². The van der Waals surface area contributed by atoms with Crippen molar-refractivity contribution in [3.8, 4) is 0 Å². The van der Waals surface area contributed by atoms with Crippen molar-refractivity contribution in [2.24, 2.45) is 0 Å². The molecule has 5 heteroatoms. The molecule has 1 saturated carbocycles. The van der Waals surface area contributed by atoms with E-state index in [1.54, 1.807) is 6.07 Å². The van der Waals surface area contributed by atoms with E-state index in [4.69, 9.17) is 8.94 Å². The fourth-order valence-electron chi connectivity index (χ4n) is 2.85. The minimum atomic E-state index is -0.119. The van der Waals surface area contributed by atoms with E-state index >= 15 is 0 Å². The van der Waals surface area contributed by atoms with E-state index in [2.05, 4.69) is 10.5 Å². The third-order valence-corrected chi connectivity index (χ3v) is 4.11. The first-order chi connectivity index (χ1) is 10.1. The van der Waals surface area contributed by atoms with Crippen molar-refractivity contribution in [3.05, 3.63) is 40.7 Å². The second-order valence-electron chi connectivity index (χ2n) is 5.70. The Morgan fingerprint density at radius 1 is 1.33 bits per heavy atom. The van der Waals surface area contributed by atoms with E-state index < -0.39 is 0 Å². The zero-order valence-corrected chi connectivity index (χ0v) is 12.4. The van der Waals surface area contributed by atoms with E-state index in [-0.39, 0.29) is 5.91 Å². The first-order valence-corrected chi connectivity index (χ1v) is 7.45.